The van der Waals surface area contributed by atoms with Gasteiger partial charge in [-0.05, 0) is 24.6 Å². The van der Waals surface area contributed by atoms with E-state index in [1.807, 2.05) is 0 Å². The van der Waals surface area contributed by atoms with Crippen LogP contribution < -0.4 is 0 Å². The maximum absolute atomic E-state index is 12.9. The van der Waals surface area contributed by atoms with Gasteiger partial charge in [-0.1, -0.05) is 23.7 Å². The average molecular weight is 390 g/mol. The number of rotatable bonds is 4. The molecule has 1 N–H and O–H groups in total. The molecule has 0 aliphatic carbocycles. The summed E-state index contributed by atoms with van der Waals surface area (Å²) in [5, 5.41) is 21.1. The van der Waals surface area contributed by atoms with Crippen molar-refractivity contribution in [1.29, 1.82) is 0 Å². The minimum absolute atomic E-state index is 0.0175. The number of hydrogen-bond donors (Lipinski definition) is 1. The maximum atomic E-state index is 12.9. The number of likely N-dealkylation sites (tertiary alicyclic amines) is 1. The fourth-order valence-corrected chi connectivity index (χ4v) is 3.40. The molecule has 1 aromatic carbocycles. The molecule has 2 heterocycles. The number of benzene rings is 1. The predicted octanol–water partition coefficient (Wildman–Crippen LogP) is 2.89. The summed E-state index contributed by atoms with van der Waals surface area (Å²) in [5.41, 5.74) is 0.945. The molecule has 8 nitrogen and oxygen atoms in total. The minimum atomic E-state index is -1.00. The summed E-state index contributed by atoms with van der Waals surface area (Å²) < 4.78 is 0. The van der Waals surface area contributed by atoms with Gasteiger partial charge >= 0.3 is 5.97 Å². The predicted molar refractivity (Wildman–Crippen MR) is 96.9 cm³/mol. The zero-order valence-corrected chi connectivity index (χ0v) is 15.1. The highest BCUT2D eigenvalue weighted by atomic mass is 35.5. The lowest BCUT2D eigenvalue weighted by molar-refractivity contribution is -0.385. The molecule has 1 saturated heterocycles. The van der Waals surface area contributed by atoms with Gasteiger partial charge in [0.1, 0.15) is 6.20 Å². The van der Waals surface area contributed by atoms with Crippen molar-refractivity contribution in [2.75, 3.05) is 13.1 Å². The Bertz CT molecular complexity index is 916. The molecule has 1 fully saturated rings. The van der Waals surface area contributed by atoms with E-state index in [1.165, 1.54) is 11.0 Å². The first-order chi connectivity index (χ1) is 12.8. The number of halogens is 1. The van der Waals surface area contributed by atoms with Crippen LogP contribution in [0.1, 0.15) is 27.5 Å². The standard InChI is InChI=1S/C18H16ClN3O5/c1-10-14(6-13(7-20-10)22(26)27)17(23)21-8-15(16(9-21)18(24)25)11-2-4-12(19)5-3-11/h2-7,15-16H,8-9H2,1H3,(H,24,25)/t15-,16+/m0/s1. The Hall–Kier alpha value is -3.00. The third-order valence-electron chi connectivity index (χ3n) is 4.74. The molecule has 0 spiro atoms. The van der Waals surface area contributed by atoms with E-state index < -0.39 is 28.6 Å². The number of nitro groups is 1. The normalized spacial score (nSPS) is 19.1. The summed E-state index contributed by atoms with van der Waals surface area (Å²) >= 11 is 5.89. The highest BCUT2D eigenvalue weighted by Crippen LogP contribution is 2.34. The third kappa shape index (κ3) is 3.75. The van der Waals surface area contributed by atoms with Crippen LogP contribution in [0.25, 0.3) is 0 Å². The van der Waals surface area contributed by atoms with E-state index in [4.69, 9.17) is 11.6 Å². The van der Waals surface area contributed by atoms with Crippen molar-refractivity contribution in [2.45, 2.75) is 12.8 Å². The second kappa shape index (κ2) is 7.32. The summed E-state index contributed by atoms with van der Waals surface area (Å²) in [5.74, 6) is -2.64. The van der Waals surface area contributed by atoms with E-state index in [2.05, 4.69) is 4.98 Å². The molecule has 1 aliphatic rings. The Morgan fingerprint density at radius 3 is 2.56 bits per heavy atom. The van der Waals surface area contributed by atoms with Crippen LogP contribution in [0.2, 0.25) is 5.02 Å². The van der Waals surface area contributed by atoms with Gasteiger partial charge < -0.3 is 10.0 Å². The number of carboxylic acids is 1. The molecule has 2 atom stereocenters. The highest BCUT2D eigenvalue weighted by Gasteiger charge is 2.41. The first-order valence-electron chi connectivity index (χ1n) is 8.16. The van der Waals surface area contributed by atoms with Gasteiger partial charge in [0.25, 0.3) is 11.6 Å². The van der Waals surface area contributed by atoms with Gasteiger partial charge in [-0.15, -0.1) is 0 Å². The molecule has 0 bridgehead atoms. The fraction of sp³-hybridized carbons (Fsp3) is 0.278. The molecule has 3 rings (SSSR count). The van der Waals surface area contributed by atoms with Crippen molar-refractivity contribution >= 4 is 29.2 Å². The minimum Gasteiger partial charge on any atom is -0.481 e. The molecule has 27 heavy (non-hydrogen) atoms. The van der Waals surface area contributed by atoms with Gasteiger partial charge in [0.2, 0.25) is 0 Å². The van der Waals surface area contributed by atoms with Crippen molar-refractivity contribution in [2.24, 2.45) is 5.92 Å². The second-order valence-corrected chi connectivity index (χ2v) is 6.83. The van der Waals surface area contributed by atoms with Gasteiger partial charge in [0.15, 0.2) is 0 Å². The van der Waals surface area contributed by atoms with E-state index in [0.29, 0.717) is 10.7 Å². The van der Waals surface area contributed by atoms with Gasteiger partial charge in [-0.2, -0.15) is 0 Å². The largest absolute Gasteiger partial charge is 0.481 e. The summed E-state index contributed by atoms with van der Waals surface area (Å²) in [6, 6.07) is 8.02. The van der Waals surface area contributed by atoms with E-state index in [0.717, 1.165) is 11.8 Å². The van der Waals surface area contributed by atoms with E-state index >= 15 is 0 Å². The average Bonchev–Trinajstić information content (AvgIpc) is 3.07. The number of hydrogen-bond acceptors (Lipinski definition) is 5. The number of amides is 1. The Balaban J connectivity index is 1.90. The van der Waals surface area contributed by atoms with Gasteiger partial charge in [0.05, 0.1) is 22.1 Å². The molecule has 1 aliphatic heterocycles. The van der Waals surface area contributed by atoms with Crippen LogP contribution in [-0.4, -0.2) is 44.9 Å². The number of carbonyl (C=O) groups is 2. The van der Waals surface area contributed by atoms with Crippen molar-refractivity contribution in [3.63, 3.8) is 0 Å². The van der Waals surface area contributed by atoms with Crippen molar-refractivity contribution in [1.82, 2.24) is 9.88 Å². The first kappa shape index (κ1) is 18.8. The molecular formula is C18H16ClN3O5. The van der Waals surface area contributed by atoms with Crippen molar-refractivity contribution < 1.29 is 19.6 Å². The number of aromatic nitrogens is 1. The first-order valence-corrected chi connectivity index (χ1v) is 8.54. The lowest BCUT2D eigenvalue weighted by Crippen LogP contribution is -2.30. The summed E-state index contributed by atoms with van der Waals surface area (Å²) in [7, 11) is 0. The molecule has 0 unspecified atom stereocenters. The smallest absolute Gasteiger partial charge is 0.308 e. The van der Waals surface area contributed by atoms with E-state index in [1.54, 1.807) is 31.2 Å². The number of nitrogens with zero attached hydrogens (tertiary/aromatic N) is 3. The summed E-state index contributed by atoms with van der Waals surface area (Å²) in [6.45, 7) is 1.79. The highest BCUT2D eigenvalue weighted by molar-refractivity contribution is 6.30. The SMILES string of the molecule is Cc1ncc([N+](=O)[O-])cc1C(=O)N1C[C@@H](C(=O)O)[C@H](c2ccc(Cl)cc2)C1. The molecule has 1 aromatic heterocycles. The summed E-state index contributed by atoms with van der Waals surface area (Å²) in [4.78, 5) is 40.3. The molecule has 2 aromatic rings. The van der Waals surface area contributed by atoms with Crippen LogP contribution in [0.4, 0.5) is 5.69 Å². The maximum Gasteiger partial charge on any atom is 0.308 e. The number of carbonyl (C=O) groups excluding carboxylic acids is 1. The van der Waals surface area contributed by atoms with E-state index in [9.17, 15) is 24.8 Å². The number of aryl methyl sites for hydroxylation is 1. The van der Waals surface area contributed by atoms with Crippen LogP contribution >= 0.6 is 11.6 Å². The quantitative estimate of drug-likeness (QED) is 0.635. The molecule has 9 heteroatoms. The van der Waals surface area contributed by atoms with Crippen LogP contribution in [0.5, 0.6) is 0 Å². The molecular weight excluding hydrogens is 374 g/mol. The lowest BCUT2D eigenvalue weighted by Gasteiger charge is -2.17. The molecule has 140 valence electrons. The lowest BCUT2D eigenvalue weighted by atomic mass is 9.89. The van der Waals surface area contributed by atoms with Gasteiger partial charge in [-0.3, -0.25) is 24.7 Å². The summed E-state index contributed by atoms with van der Waals surface area (Å²) in [6.07, 6.45) is 1.09. The van der Waals surface area contributed by atoms with E-state index in [-0.39, 0.29) is 24.3 Å². The molecule has 0 saturated carbocycles. The topological polar surface area (TPSA) is 114 Å². The van der Waals surface area contributed by atoms with Crippen LogP contribution in [0.15, 0.2) is 36.5 Å². The van der Waals surface area contributed by atoms with Gasteiger partial charge in [0, 0.05) is 30.1 Å². The second-order valence-electron chi connectivity index (χ2n) is 6.40. The number of aliphatic carboxylic acids is 1. The van der Waals surface area contributed by atoms with Crippen LogP contribution in [-0.2, 0) is 4.79 Å². The van der Waals surface area contributed by atoms with Crippen LogP contribution in [0, 0.1) is 23.0 Å². The Morgan fingerprint density at radius 2 is 1.96 bits per heavy atom. The third-order valence-corrected chi connectivity index (χ3v) is 4.99. The molecule has 1 amide bonds. The Kier molecular flexibility index (Phi) is 5.09. The van der Waals surface area contributed by atoms with Crippen LogP contribution in [0.3, 0.4) is 0 Å². The number of pyridine rings is 1. The fourth-order valence-electron chi connectivity index (χ4n) is 3.28. The monoisotopic (exact) mass is 389 g/mol. The Morgan fingerprint density at radius 1 is 1.30 bits per heavy atom. The van der Waals surface area contributed by atoms with Crippen molar-refractivity contribution in [3.8, 4) is 0 Å². The van der Waals surface area contributed by atoms with Gasteiger partial charge in [-0.25, -0.2) is 0 Å². The van der Waals surface area contributed by atoms with Crippen molar-refractivity contribution in [3.05, 3.63) is 68.5 Å². The zero-order valence-electron chi connectivity index (χ0n) is 14.3. The Labute approximate surface area is 159 Å². The zero-order chi connectivity index (χ0) is 19.7. The number of carboxylic acid groups (broad SMARTS) is 1. The molecule has 0 radical (unpaired) electrons.